The molecule has 2 N–H and O–H groups in total. The Hall–Kier alpha value is -4.00. The Bertz CT molecular complexity index is 1460. The summed E-state index contributed by atoms with van der Waals surface area (Å²) in [5.41, 5.74) is 4.52. The zero-order valence-corrected chi connectivity index (χ0v) is 21.1. The van der Waals surface area contributed by atoms with Gasteiger partial charge in [-0.1, -0.05) is 18.2 Å². The first-order valence-electron chi connectivity index (χ1n) is 13.1. The summed E-state index contributed by atoms with van der Waals surface area (Å²) in [6.45, 7) is 4.85. The zero-order valence-electron chi connectivity index (χ0n) is 21.1. The fraction of sp³-hybridized carbons (Fsp3) is 0.345. The molecule has 0 unspecified atom stereocenters. The normalized spacial score (nSPS) is 20.4. The SMILES string of the molecule is N#Cc1ccc(-c2cc(NCC34CCN(CC3)CC4)nn2-c2ccc(-c3cnn(CCO)c3)cc2)cc1F. The first-order valence-corrected chi connectivity index (χ1v) is 13.1. The maximum Gasteiger partial charge on any atom is 0.149 e. The lowest BCUT2D eigenvalue weighted by molar-refractivity contribution is 0.0360. The standard InChI is InChI=1S/C29H30FN7O/c30-26-15-22(1-2-23(26)17-31)27-16-28(32-20-29-7-10-35(11-8-29)12-9-29)34-37(27)25-5-3-21(4-6-25)24-18-33-36(19-24)13-14-38/h1-6,15-16,18-19,38H,7-14,20H2,(H,32,34). The van der Waals surface area contributed by atoms with Crippen molar-refractivity contribution in [3.8, 4) is 34.1 Å². The molecule has 7 rings (SSSR count). The molecule has 0 radical (unpaired) electrons. The van der Waals surface area contributed by atoms with Gasteiger partial charge in [-0.05, 0) is 74.1 Å². The van der Waals surface area contributed by atoms with Gasteiger partial charge in [0.05, 0.1) is 36.3 Å². The number of halogens is 1. The van der Waals surface area contributed by atoms with Gasteiger partial charge < -0.3 is 15.3 Å². The summed E-state index contributed by atoms with van der Waals surface area (Å²) in [6, 6.07) is 16.5. The topological polar surface area (TPSA) is 94.9 Å². The van der Waals surface area contributed by atoms with E-state index < -0.39 is 5.82 Å². The van der Waals surface area contributed by atoms with E-state index in [1.807, 2.05) is 47.3 Å². The van der Waals surface area contributed by atoms with E-state index in [0.717, 1.165) is 54.5 Å². The Kier molecular flexibility index (Phi) is 6.44. The van der Waals surface area contributed by atoms with E-state index in [-0.39, 0.29) is 12.2 Å². The summed E-state index contributed by atoms with van der Waals surface area (Å²) in [5, 5.41) is 31.1. The van der Waals surface area contributed by atoms with Gasteiger partial charge in [-0.3, -0.25) is 4.68 Å². The van der Waals surface area contributed by atoms with Crippen LogP contribution < -0.4 is 5.32 Å². The number of anilines is 1. The van der Waals surface area contributed by atoms with Crippen molar-refractivity contribution >= 4 is 5.82 Å². The van der Waals surface area contributed by atoms with Crippen LogP contribution in [0.1, 0.15) is 24.8 Å². The number of nitriles is 1. The van der Waals surface area contributed by atoms with Gasteiger partial charge in [-0.25, -0.2) is 9.07 Å². The molecule has 3 aliphatic rings. The van der Waals surface area contributed by atoms with E-state index in [4.69, 9.17) is 10.2 Å². The number of hydrogen-bond donors (Lipinski definition) is 2. The molecule has 2 bridgehead atoms. The molecule has 5 heterocycles. The minimum absolute atomic E-state index is 0.0204. The lowest BCUT2D eigenvalue weighted by Crippen LogP contribution is -2.50. The van der Waals surface area contributed by atoms with E-state index >= 15 is 0 Å². The highest BCUT2D eigenvalue weighted by Gasteiger charge is 2.39. The fourth-order valence-electron chi connectivity index (χ4n) is 5.61. The lowest BCUT2D eigenvalue weighted by Gasteiger charge is -2.48. The van der Waals surface area contributed by atoms with Gasteiger partial charge in [-0.2, -0.15) is 10.4 Å². The summed E-state index contributed by atoms with van der Waals surface area (Å²) in [5.74, 6) is 0.205. The summed E-state index contributed by atoms with van der Waals surface area (Å²) in [7, 11) is 0. The summed E-state index contributed by atoms with van der Waals surface area (Å²) in [4.78, 5) is 2.54. The molecule has 2 aromatic carbocycles. The van der Waals surface area contributed by atoms with E-state index in [1.165, 1.54) is 31.4 Å². The lowest BCUT2D eigenvalue weighted by atomic mass is 9.72. The van der Waals surface area contributed by atoms with Gasteiger partial charge in [0.2, 0.25) is 0 Å². The Morgan fingerprint density at radius 1 is 1.00 bits per heavy atom. The first-order chi connectivity index (χ1) is 18.6. The molecule has 2 aromatic heterocycles. The molecule has 38 heavy (non-hydrogen) atoms. The second kappa shape index (κ2) is 10.0. The van der Waals surface area contributed by atoms with Crippen molar-refractivity contribution in [1.82, 2.24) is 24.5 Å². The van der Waals surface area contributed by atoms with Crippen LogP contribution >= 0.6 is 0 Å². The van der Waals surface area contributed by atoms with Crippen LogP contribution in [0.15, 0.2) is 60.9 Å². The van der Waals surface area contributed by atoms with Gasteiger partial charge in [0.25, 0.3) is 0 Å². The van der Waals surface area contributed by atoms with Crippen molar-refractivity contribution in [3.63, 3.8) is 0 Å². The van der Waals surface area contributed by atoms with Crippen LogP contribution in [-0.2, 0) is 6.54 Å². The van der Waals surface area contributed by atoms with Crippen LogP contribution in [0.3, 0.4) is 0 Å². The number of nitrogens with one attached hydrogen (secondary N) is 1. The van der Waals surface area contributed by atoms with Gasteiger partial charge in [0, 0.05) is 29.9 Å². The Morgan fingerprint density at radius 2 is 1.74 bits per heavy atom. The first kappa shape index (κ1) is 24.3. The second-order valence-electron chi connectivity index (χ2n) is 10.3. The van der Waals surface area contributed by atoms with E-state index in [1.54, 1.807) is 16.9 Å². The van der Waals surface area contributed by atoms with Crippen LogP contribution in [0.5, 0.6) is 0 Å². The summed E-state index contributed by atoms with van der Waals surface area (Å²) >= 11 is 0. The Morgan fingerprint density at radius 3 is 2.42 bits per heavy atom. The van der Waals surface area contributed by atoms with Gasteiger partial charge in [0.1, 0.15) is 17.7 Å². The highest BCUT2D eigenvalue weighted by atomic mass is 19.1. The Labute approximate surface area is 220 Å². The third kappa shape index (κ3) is 4.69. The molecule has 3 fully saturated rings. The third-order valence-corrected chi connectivity index (χ3v) is 8.02. The third-order valence-electron chi connectivity index (χ3n) is 8.02. The van der Waals surface area contributed by atoms with Crippen molar-refractivity contribution < 1.29 is 9.50 Å². The van der Waals surface area contributed by atoms with Crippen LogP contribution in [-0.4, -0.2) is 62.4 Å². The molecule has 194 valence electrons. The number of aromatic nitrogens is 4. The monoisotopic (exact) mass is 511 g/mol. The number of aliphatic hydroxyl groups is 1. The minimum atomic E-state index is -0.546. The number of aliphatic hydroxyl groups excluding tert-OH is 1. The smallest absolute Gasteiger partial charge is 0.149 e. The molecule has 4 aromatic rings. The molecule has 0 amide bonds. The minimum Gasteiger partial charge on any atom is -0.394 e. The quantitative estimate of drug-likeness (QED) is 0.366. The number of fused-ring (bicyclic) bond motifs is 3. The van der Waals surface area contributed by atoms with Crippen molar-refractivity contribution in [2.45, 2.75) is 25.8 Å². The van der Waals surface area contributed by atoms with Crippen molar-refractivity contribution in [2.75, 3.05) is 38.1 Å². The van der Waals surface area contributed by atoms with Crippen LogP contribution in [0, 0.1) is 22.6 Å². The number of nitrogens with zero attached hydrogens (tertiary/aromatic N) is 6. The fourth-order valence-corrected chi connectivity index (χ4v) is 5.61. The molecule has 0 atom stereocenters. The molecule has 9 heteroatoms. The molecule has 0 spiro atoms. The highest BCUT2D eigenvalue weighted by molar-refractivity contribution is 5.68. The predicted octanol–water partition coefficient (Wildman–Crippen LogP) is 4.30. The number of benzene rings is 2. The van der Waals surface area contributed by atoms with E-state index in [0.29, 0.717) is 17.5 Å². The molecule has 3 aliphatic heterocycles. The van der Waals surface area contributed by atoms with Crippen LogP contribution in [0.25, 0.3) is 28.1 Å². The van der Waals surface area contributed by atoms with Gasteiger partial charge in [0.15, 0.2) is 0 Å². The number of hydrogen-bond acceptors (Lipinski definition) is 6. The molecular weight excluding hydrogens is 481 g/mol. The number of piperidine rings is 3. The maximum absolute atomic E-state index is 14.6. The largest absolute Gasteiger partial charge is 0.394 e. The number of rotatable bonds is 8. The average molecular weight is 512 g/mol. The van der Waals surface area contributed by atoms with Crippen molar-refractivity contribution in [2.24, 2.45) is 5.41 Å². The van der Waals surface area contributed by atoms with Crippen LogP contribution in [0.2, 0.25) is 0 Å². The average Bonchev–Trinajstić information content (AvgIpc) is 3.61. The zero-order chi connectivity index (χ0) is 26.1. The molecule has 8 nitrogen and oxygen atoms in total. The molecule has 0 aliphatic carbocycles. The molecular formula is C29H30FN7O. The second-order valence-corrected chi connectivity index (χ2v) is 10.3. The van der Waals surface area contributed by atoms with E-state index in [9.17, 15) is 9.65 Å². The molecule has 0 saturated carbocycles. The predicted molar refractivity (Wildman–Crippen MR) is 143 cm³/mol. The highest BCUT2D eigenvalue weighted by Crippen LogP contribution is 2.40. The van der Waals surface area contributed by atoms with Crippen LogP contribution in [0.4, 0.5) is 10.2 Å². The molecule has 3 saturated heterocycles. The van der Waals surface area contributed by atoms with Crippen molar-refractivity contribution in [1.29, 1.82) is 5.26 Å². The Balaban J connectivity index is 1.31. The van der Waals surface area contributed by atoms with E-state index in [2.05, 4.69) is 15.3 Å². The van der Waals surface area contributed by atoms with Gasteiger partial charge >= 0.3 is 0 Å². The van der Waals surface area contributed by atoms with Gasteiger partial charge in [-0.15, -0.1) is 5.10 Å². The summed E-state index contributed by atoms with van der Waals surface area (Å²) in [6.07, 6.45) is 7.28. The van der Waals surface area contributed by atoms with Crippen molar-refractivity contribution in [3.05, 3.63) is 72.3 Å². The summed E-state index contributed by atoms with van der Waals surface area (Å²) < 4.78 is 18.1. The maximum atomic E-state index is 14.6.